The molecule has 0 saturated carbocycles. The fourth-order valence-corrected chi connectivity index (χ4v) is 3.04. The van der Waals surface area contributed by atoms with Crippen LogP contribution in [0.15, 0.2) is 60.9 Å². The number of aromatic nitrogens is 2. The summed E-state index contributed by atoms with van der Waals surface area (Å²) >= 11 is 0. The molecule has 4 aromatic rings. The van der Waals surface area contributed by atoms with Crippen molar-refractivity contribution in [2.45, 2.75) is 6.42 Å². The van der Waals surface area contributed by atoms with Crippen LogP contribution in [0.4, 0.5) is 5.69 Å². The maximum atomic E-state index is 12.1. The predicted octanol–water partition coefficient (Wildman–Crippen LogP) is 2.95. The minimum Gasteiger partial charge on any atom is -0.361 e. The molecule has 0 aliphatic carbocycles. The molecule has 2 amide bonds. The summed E-state index contributed by atoms with van der Waals surface area (Å²) < 4.78 is 0. The molecule has 0 bridgehead atoms. The lowest BCUT2D eigenvalue weighted by Crippen LogP contribution is -2.36. The van der Waals surface area contributed by atoms with Crippen LogP contribution in [0.3, 0.4) is 0 Å². The highest BCUT2D eigenvalue weighted by molar-refractivity contribution is 6.39. The molecule has 0 aliphatic rings. The molecule has 26 heavy (non-hydrogen) atoms. The summed E-state index contributed by atoms with van der Waals surface area (Å²) in [6.45, 7) is 0.393. The van der Waals surface area contributed by atoms with Crippen LogP contribution >= 0.6 is 0 Å². The van der Waals surface area contributed by atoms with Gasteiger partial charge in [0.1, 0.15) is 0 Å². The third kappa shape index (κ3) is 3.17. The molecule has 0 fully saturated rings. The van der Waals surface area contributed by atoms with Crippen molar-refractivity contribution in [2.75, 3.05) is 11.9 Å². The zero-order valence-corrected chi connectivity index (χ0v) is 14.0. The van der Waals surface area contributed by atoms with E-state index < -0.39 is 11.8 Å². The fraction of sp³-hybridized carbons (Fsp3) is 0.100. The van der Waals surface area contributed by atoms with Crippen LogP contribution in [0.5, 0.6) is 0 Å². The van der Waals surface area contributed by atoms with E-state index in [0.717, 1.165) is 27.4 Å². The Hall–Kier alpha value is -3.54. The number of aromatic amines is 2. The standard InChI is InChI=1S/C20H18N4O2/c25-19(20(26)24-15-6-5-13-7-9-21-18(13)11-15)22-10-8-14-12-23-17-4-2-1-3-16(14)17/h1-7,9,11-12,21,23H,8,10H2,(H,22,25)(H,24,26). The number of nitrogens with one attached hydrogen (secondary N) is 4. The van der Waals surface area contributed by atoms with Gasteiger partial charge in [0.05, 0.1) is 0 Å². The molecule has 0 spiro atoms. The normalized spacial score (nSPS) is 10.9. The van der Waals surface area contributed by atoms with Crippen molar-refractivity contribution in [3.63, 3.8) is 0 Å². The minimum absolute atomic E-state index is 0.393. The number of benzene rings is 2. The quantitative estimate of drug-likeness (QED) is 0.428. The Morgan fingerprint density at radius 2 is 1.81 bits per heavy atom. The van der Waals surface area contributed by atoms with Gasteiger partial charge in [-0.2, -0.15) is 0 Å². The highest BCUT2D eigenvalue weighted by Gasteiger charge is 2.14. The van der Waals surface area contributed by atoms with Crippen LogP contribution in [-0.4, -0.2) is 28.3 Å². The van der Waals surface area contributed by atoms with Gasteiger partial charge in [0, 0.05) is 41.0 Å². The van der Waals surface area contributed by atoms with E-state index in [1.165, 1.54) is 0 Å². The second-order valence-electron chi connectivity index (χ2n) is 6.10. The lowest BCUT2D eigenvalue weighted by Gasteiger charge is -2.06. The van der Waals surface area contributed by atoms with E-state index in [1.54, 1.807) is 12.1 Å². The zero-order valence-electron chi connectivity index (χ0n) is 14.0. The van der Waals surface area contributed by atoms with E-state index in [1.807, 2.05) is 48.8 Å². The largest absolute Gasteiger partial charge is 0.361 e. The number of hydrogen-bond donors (Lipinski definition) is 4. The molecule has 2 heterocycles. The Kier molecular flexibility index (Phi) is 4.15. The third-order valence-electron chi connectivity index (χ3n) is 4.37. The highest BCUT2D eigenvalue weighted by Crippen LogP contribution is 2.18. The summed E-state index contributed by atoms with van der Waals surface area (Å²) in [5.41, 5.74) is 3.66. The number of carbonyl (C=O) groups is 2. The molecular weight excluding hydrogens is 328 g/mol. The van der Waals surface area contributed by atoms with Gasteiger partial charge < -0.3 is 20.6 Å². The van der Waals surface area contributed by atoms with Crippen molar-refractivity contribution < 1.29 is 9.59 Å². The van der Waals surface area contributed by atoms with Crippen molar-refractivity contribution in [1.29, 1.82) is 0 Å². The predicted molar refractivity (Wildman–Crippen MR) is 102 cm³/mol. The smallest absolute Gasteiger partial charge is 0.313 e. The van der Waals surface area contributed by atoms with Gasteiger partial charge in [0.2, 0.25) is 0 Å². The number of para-hydroxylation sites is 1. The molecule has 130 valence electrons. The molecule has 2 aromatic heterocycles. The van der Waals surface area contributed by atoms with Gasteiger partial charge in [-0.3, -0.25) is 9.59 Å². The molecule has 2 aromatic carbocycles. The second kappa shape index (κ2) is 6.76. The van der Waals surface area contributed by atoms with Crippen LogP contribution < -0.4 is 10.6 Å². The van der Waals surface area contributed by atoms with Crippen LogP contribution in [0.1, 0.15) is 5.56 Å². The number of carbonyl (C=O) groups excluding carboxylic acids is 2. The van der Waals surface area contributed by atoms with E-state index in [4.69, 9.17) is 0 Å². The van der Waals surface area contributed by atoms with Gasteiger partial charge in [-0.05, 0) is 41.6 Å². The lowest BCUT2D eigenvalue weighted by molar-refractivity contribution is -0.136. The SMILES string of the molecule is O=C(NCCc1c[nH]c2ccccc12)C(=O)Nc1ccc2cc[nH]c2c1. The van der Waals surface area contributed by atoms with Gasteiger partial charge in [-0.1, -0.05) is 24.3 Å². The van der Waals surface area contributed by atoms with Gasteiger partial charge in [-0.25, -0.2) is 0 Å². The average molecular weight is 346 g/mol. The first-order valence-electron chi connectivity index (χ1n) is 8.42. The maximum absolute atomic E-state index is 12.1. The van der Waals surface area contributed by atoms with Crippen LogP contribution in [0.25, 0.3) is 21.8 Å². The fourth-order valence-electron chi connectivity index (χ4n) is 3.04. The molecule has 6 nitrogen and oxygen atoms in total. The molecule has 0 radical (unpaired) electrons. The maximum Gasteiger partial charge on any atom is 0.313 e. The van der Waals surface area contributed by atoms with Crippen molar-refractivity contribution in [1.82, 2.24) is 15.3 Å². The molecule has 4 N–H and O–H groups in total. The summed E-state index contributed by atoms with van der Waals surface area (Å²) in [6, 6.07) is 15.4. The first kappa shape index (κ1) is 16.0. The first-order valence-corrected chi connectivity index (χ1v) is 8.42. The minimum atomic E-state index is -0.671. The summed E-state index contributed by atoms with van der Waals surface area (Å²) in [4.78, 5) is 30.3. The summed E-state index contributed by atoms with van der Waals surface area (Å²) in [6.07, 6.45) is 4.41. The Labute approximate surface area is 149 Å². The number of anilines is 1. The summed E-state index contributed by atoms with van der Waals surface area (Å²) in [5, 5.41) is 7.46. The van der Waals surface area contributed by atoms with Crippen molar-refractivity contribution in [3.05, 3.63) is 66.5 Å². The lowest BCUT2D eigenvalue weighted by atomic mass is 10.1. The summed E-state index contributed by atoms with van der Waals surface area (Å²) in [5.74, 6) is -1.31. The van der Waals surface area contributed by atoms with Crippen molar-refractivity contribution >= 4 is 39.3 Å². The second-order valence-corrected chi connectivity index (χ2v) is 6.10. The van der Waals surface area contributed by atoms with Crippen molar-refractivity contribution in [3.8, 4) is 0 Å². The monoisotopic (exact) mass is 346 g/mol. The van der Waals surface area contributed by atoms with Gasteiger partial charge in [0.15, 0.2) is 0 Å². The molecule has 0 aliphatic heterocycles. The van der Waals surface area contributed by atoms with Gasteiger partial charge in [-0.15, -0.1) is 0 Å². The van der Waals surface area contributed by atoms with Gasteiger partial charge in [0.25, 0.3) is 0 Å². The average Bonchev–Trinajstić information content (AvgIpc) is 3.28. The van der Waals surface area contributed by atoms with E-state index in [9.17, 15) is 9.59 Å². The topological polar surface area (TPSA) is 89.8 Å². The molecule has 4 rings (SSSR count). The van der Waals surface area contributed by atoms with Crippen LogP contribution in [0, 0.1) is 0 Å². The van der Waals surface area contributed by atoms with Crippen LogP contribution in [-0.2, 0) is 16.0 Å². The summed E-state index contributed by atoms with van der Waals surface area (Å²) in [7, 11) is 0. The number of amides is 2. The molecule has 0 saturated heterocycles. The number of hydrogen-bond acceptors (Lipinski definition) is 2. The number of H-pyrrole nitrogens is 2. The molecule has 0 unspecified atom stereocenters. The zero-order chi connectivity index (χ0) is 17.9. The Bertz CT molecular complexity index is 1090. The molecule has 0 atom stereocenters. The van der Waals surface area contributed by atoms with Crippen molar-refractivity contribution in [2.24, 2.45) is 0 Å². The van der Waals surface area contributed by atoms with E-state index >= 15 is 0 Å². The Morgan fingerprint density at radius 1 is 0.923 bits per heavy atom. The Morgan fingerprint density at radius 3 is 2.73 bits per heavy atom. The van der Waals surface area contributed by atoms with E-state index in [-0.39, 0.29) is 0 Å². The van der Waals surface area contributed by atoms with Gasteiger partial charge >= 0.3 is 11.8 Å². The third-order valence-corrected chi connectivity index (χ3v) is 4.37. The number of fused-ring (bicyclic) bond motifs is 2. The van der Waals surface area contributed by atoms with E-state index in [2.05, 4.69) is 20.6 Å². The molecule has 6 heteroatoms. The highest BCUT2D eigenvalue weighted by atomic mass is 16.2. The molecular formula is C20H18N4O2. The first-order chi connectivity index (χ1) is 12.7. The van der Waals surface area contributed by atoms with E-state index in [0.29, 0.717) is 18.7 Å². The number of rotatable bonds is 4. The van der Waals surface area contributed by atoms with Crippen LogP contribution in [0.2, 0.25) is 0 Å². The Balaban J connectivity index is 1.33.